The molecular formula is C26H24Cl2N4O3. The van der Waals surface area contributed by atoms with E-state index in [1.807, 2.05) is 36.0 Å². The summed E-state index contributed by atoms with van der Waals surface area (Å²) in [5.41, 5.74) is 4.70. The summed E-state index contributed by atoms with van der Waals surface area (Å²) in [6, 6.07) is 15.2. The zero-order valence-electron chi connectivity index (χ0n) is 19.6. The minimum absolute atomic E-state index is 0.125. The molecule has 5 rings (SSSR count). The van der Waals surface area contributed by atoms with Crippen LogP contribution in [0.25, 0.3) is 44.3 Å². The lowest BCUT2D eigenvalue weighted by atomic mass is 10.0. The van der Waals surface area contributed by atoms with Gasteiger partial charge in [-0.15, -0.1) is 0 Å². The molecule has 0 atom stereocenters. The predicted molar refractivity (Wildman–Crippen MR) is 140 cm³/mol. The largest absolute Gasteiger partial charge is 0.382 e. The Hall–Kier alpha value is -3.10. The van der Waals surface area contributed by atoms with E-state index >= 15 is 0 Å². The first-order chi connectivity index (χ1) is 16.9. The highest BCUT2D eigenvalue weighted by Crippen LogP contribution is 2.35. The fourth-order valence-corrected chi connectivity index (χ4v) is 4.95. The Kier molecular flexibility index (Phi) is 6.42. The molecule has 0 N–H and O–H groups in total. The summed E-state index contributed by atoms with van der Waals surface area (Å²) in [6.45, 7) is 1.40. The van der Waals surface area contributed by atoms with E-state index in [0.717, 1.165) is 33.2 Å². The van der Waals surface area contributed by atoms with Gasteiger partial charge in [-0.25, -0.2) is 4.68 Å². The van der Waals surface area contributed by atoms with Gasteiger partial charge in [0.05, 0.1) is 29.4 Å². The molecule has 0 aliphatic carbocycles. The third-order valence-corrected chi connectivity index (χ3v) is 6.71. The van der Waals surface area contributed by atoms with Gasteiger partial charge in [0.1, 0.15) is 12.4 Å². The third kappa shape index (κ3) is 4.25. The van der Waals surface area contributed by atoms with Crippen LogP contribution in [0.4, 0.5) is 0 Å². The highest BCUT2D eigenvalue weighted by molar-refractivity contribution is 6.36. The molecule has 2 aromatic carbocycles. The Bertz CT molecular complexity index is 1620. The van der Waals surface area contributed by atoms with Gasteiger partial charge in [-0.3, -0.25) is 9.36 Å². The predicted octanol–water partition coefficient (Wildman–Crippen LogP) is 5.49. The molecule has 180 valence electrons. The van der Waals surface area contributed by atoms with Crippen LogP contribution in [0.3, 0.4) is 0 Å². The molecule has 0 saturated carbocycles. The second kappa shape index (κ2) is 9.51. The topological polar surface area (TPSA) is 63.2 Å². The van der Waals surface area contributed by atoms with Crippen LogP contribution < -0.4 is 5.56 Å². The van der Waals surface area contributed by atoms with Crippen molar-refractivity contribution in [2.45, 2.75) is 6.73 Å². The number of ether oxygens (including phenoxy) is 2. The summed E-state index contributed by atoms with van der Waals surface area (Å²) in [6.07, 6.45) is 1.89. The number of fused-ring (bicyclic) bond motifs is 3. The standard InChI is InChI=1S/C26H24Cl2N4O3/c1-30-24-7-4-16(23-8-9-32(29-23)15-35-11-10-34-3)12-19(24)20-14-21(26(33)31(2)25(20)30)18-6-5-17(27)13-22(18)28/h4-9,12-14H,10-11,15H2,1-3H3. The first kappa shape index (κ1) is 23.6. The van der Waals surface area contributed by atoms with Crippen LogP contribution in [-0.2, 0) is 30.3 Å². The normalized spacial score (nSPS) is 11.7. The van der Waals surface area contributed by atoms with Crippen LogP contribution >= 0.6 is 23.2 Å². The van der Waals surface area contributed by atoms with Crippen LogP contribution in [0.5, 0.6) is 0 Å². The van der Waals surface area contributed by atoms with E-state index in [0.29, 0.717) is 41.1 Å². The van der Waals surface area contributed by atoms with Crippen LogP contribution in [0.1, 0.15) is 0 Å². The maximum absolute atomic E-state index is 13.3. The molecule has 0 aliphatic rings. The summed E-state index contributed by atoms with van der Waals surface area (Å²) in [4.78, 5) is 13.3. The number of aromatic nitrogens is 4. The summed E-state index contributed by atoms with van der Waals surface area (Å²) in [5, 5.41) is 7.58. The highest BCUT2D eigenvalue weighted by Gasteiger charge is 2.18. The number of halogens is 2. The molecule has 0 saturated heterocycles. The molecule has 3 aromatic heterocycles. The van der Waals surface area contributed by atoms with Gasteiger partial charge in [0.25, 0.3) is 5.56 Å². The van der Waals surface area contributed by atoms with Gasteiger partial charge in [-0.05, 0) is 36.4 Å². The van der Waals surface area contributed by atoms with E-state index in [1.165, 1.54) is 0 Å². The van der Waals surface area contributed by atoms with Crippen molar-refractivity contribution in [2.24, 2.45) is 14.1 Å². The molecule has 0 aliphatic heterocycles. The van der Waals surface area contributed by atoms with Crippen LogP contribution in [0, 0.1) is 0 Å². The number of pyridine rings is 1. The van der Waals surface area contributed by atoms with E-state index in [4.69, 9.17) is 32.7 Å². The smallest absolute Gasteiger partial charge is 0.259 e. The van der Waals surface area contributed by atoms with Crippen molar-refractivity contribution >= 4 is 45.1 Å². The molecule has 35 heavy (non-hydrogen) atoms. The van der Waals surface area contributed by atoms with Gasteiger partial charge in [0, 0.05) is 59.9 Å². The van der Waals surface area contributed by atoms with E-state index in [-0.39, 0.29) is 5.56 Å². The van der Waals surface area contributed by atoms with E-state index in [9.17, 15) is 4.79 Å². The Morgan fingerprint density at radius 3 is 2.51 bits per heavy atom. The molecule has 5 aromatic rings. The molecule has 0 spiro atoms. The summed E-state index contributed by atoms with van der Waals surface area (Å²) < 4.78 is 16.0. The van der Waals surface area contributed by atoms with Gasteiger partial charge < -0.3 is 14.0 Å². The zero-order valence-corrected chi connectivity index (χ0v) is 21.1. The van der Waals surface area contributed by atoms with Crippen molar-refractivity contribution in [2.75, 3.05) is 20.3 Å². The fraction of sp³-hybridized carbons (Fsp3) is 0.231. The maximum atomic E-state index is 13.3. The Morgan fingerprint density at radius 2 is 1.74 bits per heavy atom. The van der Waals surface area contributed by atoms with Gasteiger partial charge in [0.15, 0.2) is 0 Å². The first-order valence-electron chi connectivity index (χ1n) is 11.1. The SMILES string of the molecule is COCCOCn1ccc(-c2ccc3c(c2)c2cc(-c4ccc(Cl)cc4Cl)c(=O)n(C)c2n3C)n1. The van der Waals surface area contributed by atoms with Crippen molar-refractivity contribution in [3.8, 4) is 22.4 Å². The summed E-state index contributed by atoms with van der Waals surface area (Å²) >= 11 is 12.5. The molecule has 0 fully saturated rings. The Labute approximate surface area is 212 Å². The minimum Gasteiger partial charge on any atom is -0.382 e. The highest BCUT2D eigenvalue weighted by atomic mass is 35.5. The molecule has 3 heterocycles. The number of aryl methyl sites for hydroxylation is 2. The van der Waals surface area contributed by atoms with Crippen molar-refractivity contribution < 1.29 is 9.47 Å². The van der Waals surface area contributed by atoms with Crippen molar-refractivity contribution in [3.63, 3.8) is 0 Å². The Morgan fingerprint density at radius 1 is 0.914 bits per heavy atom. The fourth-order valence-electron chi connectivity index (χ4n) is 4.44. The number of rotatable bonds is 7. The second-order valence-electron chi connectivity index (χ2n) is 8.35. The molecule has 0 unspecified atom stereocenters. The maximum Gasteiger partial charge on any atom is 0.259 e. The van der Waals surface area contributed by atoms with Gasteiger partial charge in [-0.2, -0.15) is 5.10 Å². The van der Waals surface area contributed by atoms with Crippen LogP contribution in [0.15, 0.2) is 59.5 Å². The molecule has 9 heteroatoms. The Balaban J connectivity index is 1.62. The number of hydrogen-bond donors (Lipinski definition) is 0. The lowest BCUT2D eigenvalue weighted by molar-refractivity contribution is 0.0289. The molecular weight excluding hydrogens is 487 g/mol. The minimum atomic E-state index is -0.125. The first-order valence-corrected chi connectivity index (χ1v) is 11.8. The number of methoxy groups -OCH3 is 1. The molecule has 7 nitrogen and oxygen atoms in total. The quantitative estimate of drug-likeness (QED) is 0.271. The third-order valence-electron chi connectivity index (χ3n) is 6.16. The van der Waals surface area contributed by atoms with Crippen LogP contribution in [-0.4, -0.2) is 39.2 Å². The monoisotopic (exact) mass is 510 g/mol. The molecule has 0 radical (unpaired) electrons. The van der Waals surface area contributed by atoms with E-state index in [1.54, 1.807) is 41.6 Å². The van der Waals surface area contributed by atoms with Crippen molar-refractivity contribution in [3.05, 3.63) is 75.1 Å². The van der Waals surface area contributed by atoms with Gasteiger partial charge in [0.2, 0.25) is 0 Å². The lowest BCUT2D eigenvalue weighted by Gasteiger charge is -2.09. The molecule has 0 amide bonds. The number of nitrogens with zero attached hydrogens (tertiary/aromatic N) is 4. The van der Waals surface area contributed by atoms with Crippen molar-refractivity contribution in [1.82, 2.24) is 18.9 Å². The molecule has 0 bridgehead atoms. The van der Waals surface area contributed by atoms with E-state index < -0.39 is 0 Å². The average molecular weight is 511 g/mol. The number of hydrogen-bond acceptors (Lipinski definition) is 4. The van der Waals surface area contributed by atoms with E-state index in [2.05, 4.69) is 17.2 Å². The average Bonchev–Trinajstić information content (AvgIpc) is 3.42. The van der Waals surface area contributed by atoms with Crippen LogP contribution in [0.2, 0.25) is 10.0 Å². The van der Waals surface area contributed by atoms with Gasteiger partial charge >= 0.3 is 0 Å². The van der Waals surface area contributed by atoms with Crippen molar-refractivity contribution in [1.29, 1.82) is 0 Å². The summed E-state index contributed by atoms with van der Waals surface area (Å²) in [7, 11) is 5.39. The van der Waals surface area contributed by atoms with Gasteiger partial charge in [-0.1, -0.05) is 35.3 Å². The summed E-state index contributed by atoms with van der Waals surface area (Å²) in [5.74, 6) is 0. The number of benzene rings is 2. The second-order valence-corrected chi connectivity index (χ2v) is 9.19. The lowest BCUT2D eigenvalue weighted by Crippen LogP contribution is -2.20. The zero-order chi connectivity index (χ0) is 24.7.